The quantitative estimate of drug-likeness (QED) is 0.693. The third-order valence-corrected chi connectivity index (χ3v) is 4.39. The minimum Gasteiger partial charge on any atom is -0.339 e. The van der Waals surface area contributed by atoms with Gasteiger partial charge in [-0.3, -0.25) is 4.79 Å². The van der Waals surface area contributed by atoms with Gasteiger partial charge in [0.05, 0.1) is 5.56 Å². The maximum Gasteiger partial charge on any atom is 0.227 e. The SMILES string of the molecule is Cc1ccc(N(C)C(=O)CCc2nc(-c3ccccc3F)no2)cc1C. The molecule has 3 rings (SSSR count). The van der Waals surface area contributed by atoms with Gasteiger partial charge in [-0.05, 0) is 49.2 Å². The van der Waals surface area contributed by atoms with Gasteiger partial charge in [0.2, 0.25) is 17.6 Å². The van der Waals surface area contributed by atoms with Gasteiger partial charge in [-0.2, -0.15) is 4.98 Å². The first-order chi connectivity index (χ1) is 12.5. The molecule has 134 valence electrons. The van der Waals surface area contributed by atoms with Crippen LogP contribution in [0, 0.1) is 19.7 Å². The fourth-order valence-electron chi connectivity index (χ4n) is 2.57. The largest absolute Gasteiger partial charge is 0.339 e. The number of amides is 1. The number of benzene rings is 2. The highest BCUT2D eigenvalue weighted by Gasteiger charge is 2.16. The highest BCUT2D eigenvalue weighted by atomic mass is 19.1. The second kappa shape index (κ2) is 7.47. The third-order valence-electron chi connectivity index (χ3n) is 4.39. The van der Waals surface area contributed by atoms with Crippen LogP contribution in [0.5, 0.6) is 0 Å². The molecule has 2 aromatic carbocycles. The summed E-state index contributed by atoms with van der Waals surface area (Å²) in [6.45, 7) is 4.05. The molecule has 1 amide bonds. The zero-order chi connectivity index (χ0) is 18.7. The number of carbonyl (C=O) groups excluding carboxylic acids is 1. The van der Waals surface area contributed by atoms with Crippen LogP contribution in [0.2, 0.25) is 0 Å². The predicted octanol–water partition coefficient (Wildman–Crippen LogP) is 4.09. The first-order valence-corrected chi connectivity index (χ1v) is 8.37. The topological polar surface area (TPSA) is 59.2 Å². The number of anilines is 1. The molecule has 0 saturated heterocycles. The van der Waals surface area contributed by atoms with E-state index >= 15 is 0 Å². The number of aryl methyl sites for hydroxylation is 3. The summed E-state index contributed by atoms with van der Waals surface area (Å²) in [5.41, 5.74) is 3.44. The number of nitrogens with zero attached hydrogens (tertiary/aromatic N) is 3. The summed E-state index contributed by atoms with van der Waals surface area (Å²) in [4.78, 5) is 18.2. The summed E-state index contributed by atoms with van der Waals surface area (Å²) in [6.07, 6.45) is 0.526. The van der Waals surface area contributed by atoms with Crippen LogP contribution in [0.1, 0.15) is 23.4 Å². The number of hydrogen-bond donors (Lipinski definition) is 0. The minimum atomic E-state index is -0.412. The molecule has 0 fully saturated rings. The van der Waals surface area contributed by atoms with Crippen LogP contribution in [-0.4, -0.2) is 23.1 Å². The van der Waals surface area contributed by atoms with Crippen molar-refractivity contribution in [1.82, 2.24) is 10.1 Å². The van der Waals surface area contributed by atoms with Gasteiger partial charge < -0.3 is 9.42 Å². The standard InChI is InChI=1S/C20H20FN3O2/c1-13-8-9-15(12-14(13)2)24(3)19(25)11-10-18-22-20(23-26-18)16-6-4-5-7-17(16)21/h4-9,12H,10-11H2,1-3H3. The molecule has 0 N–H and O–H groups in total. The van der Waals surface area contributed by atoms with Crippen molar-refractivity contribution in [1.29, 1.82) is 0 Å². The lowest BCUT2D eigenvalue weighted by Crippen LogP contribution is -2.26. The van der Waals surface area contributed by atoms with Gasteiger partial charge in [0.1, 0.15) is 5.82 Å². The van der Waals surface area contributed by atoms with Crippen molar-refractivity contribution in [3.63, 3.8) is 0 Å². The molecular weight excluding hydrogens is 333 g/mol. The van der Waals surface area contributed by atoms with Gasteiger partial charge in [0.15, 0.2) is 0 Å². The van der Waals surface area contributed by atoms with E-state index in [0.29, 0.717) is 12.3 Å². The monoisotopic (exact) mass is 353 g/mol. The van der Waals surface area contributed by atoms with Gasteiger partial charge in [0, 0.05) is 25.6 Å². The Morgan fingerprint density at radius 1 is 1.15 bits per heavy atom. The maximum atomic E-state index is 13.8. The molecule has 0 unspecified atom stereocenters. The highest BCUT2D eigenvalue weighted by Crippen LogP contribution is 2.21. The fraction of sp³-hybridized carbons (Fsp3) is 0.250. The summed E-state index contributed by atoms with van der Waals surface area (Å²) >= 11 is 0. The van der Waals surface area contributed by atoms with E-state index in [2.05, 4.69) is 10.1 Å². The van der Waals surface area contributed by atoms with Crippen LogP contribution >= 0.6 is 0 Å². The summed E-state index contributed by atoms with van der Waals surface area (Å²) < 4.78 is 18.9. The maximum absolute atomic E-state index is 13.8. The molecule has 1 aromatic heterocycles. The molecule has 0 aliphatic carbocycles. The van der Waals surface area contributed by atoms with Gasteiger partial charge in [-0.1, -0.05) is 23.4 Å². The van der Waals surface area contributed by atoms with Crippen LogP contribution in [0.25, 0.3) is 11.4 Å². The van der Waals surface area contributed by atoms with Crippen LogP contribution < -0.4 is 4.90 Å². The van der Waals surface area contributed by atoms with Gasteiger partial charge in [-0.25, -0.2) is 4.39 Å². The molecule has 3 aromatic rings. The van der Waals surface area contributed by atoms with Crippen LogP contribution in [0.3, 0.4) is 0 Å². The van der Waals surface area contributed by atoms with Crippen LogP contribution in [0.15, 0.2) is 47.0 Å². The molecule has 0 bridgehead atoms. The molecule has 0 spiro atoms. The number of rotatable bonds is 5. The third kappa shape index (κ3) is 3.79. The van der Waals surface area contributed by atoms with Gasteiger partial charge in [0.25, 0.3) is 0 Å². The van der Waals surface area contributed by atoms with Gasteiger partial charge >= 0.3 is 0 Å². The molecule has 0 aliphatic rings. The zero-order valence-corrected chi connectivity index (χ0v) is 15.0. The Morgan fingerprint density at radius 2 is 1.92 bits per heavy atom. The Balaban J connectivity index is 1.64. The second-order valence-corrected chi connectivity index (χ2v) is 6.21. The van der Waals surface area contributed by atoms with E-state index in [4.69, 9.17) is 4.52 Å². The van der Waals surface area contributed by atoms with Crippen molar-refractivity contribution < 1.29 is 13.7 Å². The first-order valence-electron chi connectivity index (χ1n) is 8.37. The lowest BCUT2D eigenvalue weighted by Gasteiger charge is -2.18. The molecule has 1 heterocycles. The lowest BCUT2D eigenvalue weighted by atomic mass is 10.1. The average molecular weight is 353 g/mol. The van der Waals surface area contributed by atoms with Crippen molar-refractivity contribution >= 4 is 11.6 Å². The number of hydrogen-bond acceptors (Lipinski definition) is 4. The summed E-state index contributed by atoms with van der Waals surface area (Å²) in [5.74, 6) is 0.0300. The van der Waals surface area contributed by atoms with Crippen LogP contribution in [0.4, 0.5) is 10.1 Å². The molecule has 26 heavy (non-hydrogen) atoms. The van der Waals surface area contributed by atoms with Crippen molar-refractivity contribution in [3.8, 4) is 11.4 Å². The number of aromatic nitrogens is 2. The molecule has 6 heteroatoms. The Kier molecular flexibility index (Phi) is 5.11. The molecule has 5 nitrogen and oxygen atoms in total. The van der Waals surface area contributed by atoms with E-state index in [9.17, 15) is 9.18 Å². The Bertz CT molecular complexity index is 936. The zero-order valence-electron chi connectivity index (χ0n) is 15.0. The second-order valence-electron chi connectivity index (χ2n) is 6.21. The van der Waals surface area contributed by atoms with Crippen molar-refractivity contribution in [2.45, 2.75) is 26.7 Å². The van der Waals surface area contributed by atoms with Crippen molar-refractivity contribution in [3.05, 3.63) is 65.3 Å². The van der Waals surface area contributed by atoms with Crippen LogP contribution in [-0.2, 0) is 11.2 Å². The fourth-order valence-corrected chi connectivity index (χ4v) is 2.57. The highest BCUT2D eigenvalue weighted by molar-refractivity contribution is 5.93. The van der Waals surface area contributed by atoms with E-state index in [-0.39, 0.29) is 23.7 Å². The molecule has 0 saturated carbocycles. The van der Waals surface area contributed by atoms with E-state index < -0.39 is 5.82 Å². The summed E-state index contributed by atoms with van der Waals surface area (Å²) in [5, 5.41) is 3.80. The van der Waals surface area contributed by atoms with E-state index in [1.807, 2.05) is 32.0 Å². The van der Waals surface area contributed by atoms with E-state index in [1.54, 1.807) is 30.1 Å². The average Bonchev–Trinajstić information content (AvgIpc) is 3.10. The predicted molar refractivity (Wildman–Crippen MR) is 97.3 cm³/mol. The molecule has 0 atom stereocenters. The Morgan fingerprint density at radius 3 is 2.65 bits per heavy atom. The lowest BCUT2D eigenvalue weighted by molar-refractivity contribution is -0.118. The number of halogens is 1. The molecular formula is C20H20FN3O2. The Hall–Kier alpha value is -3.02. The minimum absolute atomic E-state index is 0.0566. The van der Waals surface area contributed by atoms with Crippen molar-refractivity contribution in [2.24, 2.45) is 0 Å². The number of carbonyl (C=O) groups is 1. The molecule has 0 radical (unpaired) electrons. The first kappa shape index (κ1) is 17.8. The molecule has 0 aliphatic heterocycles. The normalized spacial score (nSPS) is 10.8. The van der Waals surface area contributed by atoms with Gasteiger partial charge in [-0.15, -0.1) is 0 Å². The summed E-state index contributed by atoms with van der Waals surface area (Å²) in [7, 11) is 1.74. The summed E-state index contributed by atoms with van der Waals surface area (Å²) in [6, 6.07) is 12.1. The van der Waals surface area contributed by atoms with E-state index in [0.717, 1.165) is 11.3 Å². The van der Waals surface area contributed by atoms with E-state index in [1.165, 1.54) is 11.6 Å². The van der Waals surface area contributed by atoms with Crippen molar-refractivity contribution in [2.75, 3.05) is 11.9 Å². The Labute approximate surface area is 151 Å². The smallest absolute Gasteiger partial charge is 0.227 e.